The Morgan fingerprint density at radius 1 is 1.30 bits per heavy atom. The van der Waals surface area contributed by atoms with Crippen molar-refractivity contribution in [2.75, 3.05) is 6.61 Å². The topological polar surface area (TPSA) is 70.3 Å². The highest BCUT2D eigenvalue weighted by Gasteiger charge is 2.36. The van der Waals surface area contributed by atoms with E-state index in [0.717, 1.165) is 0 Å². The lowest BCUT2D eigenvalue weighted by molar-refractivity contribution is -0.141. The minimum Gasteiger partial charge on any atom is -0.418 e. The van der Waals surface area contributed by atoms with Crippen LogP contribution in [-0.4, -0.2) is 27.6 Å². The molecule has 0 amide bonds. The lowest BCUT2D eigenvalue weighted by Gasteiger charge is -2.15. The van der Waals surface area contributed by atoms with E-state index in [1.165, 1.54) is 6.20 Å². The minimum absolute atomic E-state index is 0.226. The predicted molar refractivity (Wildman–Crippen MR) is 71.4 cm³/mol. The van der Waals surface area contributed by atoms with Gasteiger partial charge in [-0.25, -0.2) is 4.98 Å². The second-order valence-corrected chi connectivity index (χ2v) is 5.52. The van der Waals surface area contributed by atoms with E-state index >= 15 is 0 Å². The summed E-state index contributed by atoms with van der Waals surface area (Å²) in [6, 6.07) is 1.62. The van der Waals surface area contributed by atoms with Crippen molar-refractivity contribution in [1.29, 1.82) is 0 Å². The van der Waals surface area contributed by atoms with Crippen molar-refractivity contribution in [3.63, 3.8) is 0 Å². The number of aromatic nitrogens is 3. The van der Waals surface area contributed by atoms with E-state index in [-0.39, 0.29) is 11.3 Å². The zero-order valence-corrected chi connectivity index (χ0v) is 12.3. The van der Waals surface area contributed by atoms with Crippen molar-refractivity contribution in [1.82, 2.24) is 15.2 Å². The van der Waals surface area contributed by atoms with Crippen LogP contribution in [0.5, 0.6) is 0 Å². The number of rotatable bonds is 2. The molecule has 1 aliphatic rings. The molecule has 1 atom stereocenters. The third-order valence-electron chi connectivity index (χ3n) is 2.77. The average molecular weight is 316 g/mol. The maximum Gasteiger partial charge on any atom is 0.249 e. The van der Waals surface area contributed by atoms with Crippen molar-refractivity contribution in [3.05, 3.63) is 28.3 Å². The van der Waals surface area contributed by atoms with Crippen molar-refractivity contribution in [2.24, 2.45) is 0 Å². The van der Waals surface area contributed by atoms with Gasteiger partial charge in [-0.2, -0.15) is 0 Å². The fourth-order valence-corrected chi connectivity index (χ4v) is 2.10. The number of hydrogen-bond donors (Lipinski definition) is 0. The van der Waals surface area contributed by atoms with E-state index in [0.29, 0.717) is 29.0 Å². The molecule has 0 aliphatic carbocycles. The molecular weight excluding hydrogens is 305 g/mol. The molecule has 0 aromatic carbocycles. The van der Waals surface area contributed by atoms with Gasteiger partial charge in [-0.1, -0.05) is 23.2 Å². The molecule has 0 saturated carbocycles. The van der Waals surface area contributed by atoms with Crippen molar-refractivity contribution in [2.45, 2.75) is 25.7 Å². The van der Waals surface area contributed by atoms with Gasteiger partial charge in [0.2, 0.25) is 11.8 Å². The van der Waals surface area contributed by atoms with E-state index in [4.69, 9.17) is 37.1 Å². The molecule has 8 heteroatoms. The van der Waals surface area contributed by atoms with Crippen LogP contribution in [-0.2, 0) is 9.47 Å². The molecule has 2 aromatic heterocycles. The summed E-state index contributed by atoms with van der Waals surface area (Å²) in [5.41, 5.74) is 0.594. The SMILES string of the molecule is CC1(C)OC[C@@H](c2nnc(-c3cnc(Cl)c(Cl)c3)o2)O1. The van der Waals surface area contributed by atoms with Crippen molar-refractivity contribution in [3.8, 4) is 11.5 Å². The first kappa shape index (κ1) is 13.8. The van der Waals surface area contributed by atoms with Crippen molar-refractivity contribution < 1.29 is 13.9 Å². The van der Waals surface area contributed by atoms with Crippen LogP contribution in [0.3, 0.4) is 0 Å². The van der Waals surface area contributed by atoms with Crippen LogP contribution in [0.15, 0.2) is 16.7 Å². The van der Waals surface area contributed by atoms with Gasteiger partial charge < -0.3 is 13.9 Å². The summed E-state index contributed by atoms with van der Waals surface area (Å²) in [4.78, 5) is 3.93. The van der Waals surface area contributed by atoms with Gasteiger partial charge in [0.25, 0.3) is 0 Å². The third kappa shape index (κ3) is 2.64. The Kier molecular flexibility index (Phi) is 3.41. The fraction of sp³-hybridized carbons (Fsp3) is 0.417. The van der Waals surface area contributed by atoms with Crippen LogP contribution >= 0.6 is 23.2 Å². The number of halogens is 2. The van der Waals surface area contributed by atoms with Crippen LogP contribution in [0, 0.1) is 0 Å². The second-order valence-electron chi connectivity index (χ2n) is 4.76. The molecule has 106 valence electrons. The Balaban J connectivity index is 1.85. The monoisotopic (exact) mass is 315 g/mol. The summed E-state index contributed by atoms with van der Waals surface area (Å²) >= 11 is 11.7. The maximum absolute atomic E-state index is 5.91. The third-order valence-corrected chi connectivity index (χ3v) is 3.45. The van der Waals surface area contributed by atoms with Gasteiger partial charge in [0.1, 0.15) is 5.15 Å². The average Bonchev–Trinajstić information content (AvgIpc) is 2.99. The molecule has 6 nitrogen and oxygen atoms in total. The van der Waals surface area contributed by atoms with Gasteiger partial charge in [0.05, 0.1) is 17.2 Å². The van der Waals surface area contributed by atoms with E-state index in [2.05, 4.69) is 15.2 Å². The van der Waals surface area contributed by atoms with Gasteiger partial charge in [-0.15, -0.1) is 10.2 Å². The Bertz CT molecular complexity index is 645. The van der Waals surface area contributed by atoms with E-state index < -0.39 is 5.79 Å². The van der Waals surface area contributed by atoms with Crippen LogP contribution in [0.1, 0.15) is 25.8 Å². The summed E-state index contributed by atoms with van der Waals surface area (Å²) in [6.07, 6.45) is 1.14. The van der Waals surface area contributed by atoms with Gasteiger partial charge >= 0.3 is 0 Å². The number of ether oxygens (including phenoxy) is 2. The van der Waals surface area contributed by atoms with Crippen LogP contribution in [0.2, 0.25) is 10.2 Å². The molecule has 3 rings (SSSR count). The molecule has 0 spiro atoms. The summed E-state index contributed by atoms with van der Waals surface area (Å²) in [7, 11) is 0. The Morgan fingerprint density at radius 3 is 2.75 bits per heavy atom. The number of nitrogens with zero attached hydrogens (tertiary/aromatic N) is 3. The quantitative estimate of drug-likeness (QED) is 0.792. The molecule has 0 N–H and O–H groups in total. The largest absolute Gasteiger partial charge is 0.418 e. The molecule has 1 fully saturated rings. The van der Waals surface area contributed by atoms with Gasteiger partial charge in [0.15, 0.2) is 11.9 Å². The van der Waals surface area contributed by atoms with Gasteiger partial charge in [0, 0.05) is 6.20 Å². The maximum atomic E-state index is 5.91. The number of hydrogen-bond acceptors (Lipinski definition) is 6. The highest BCUT2D eigenvalue weighted by Crippen LogP contribution is 2.33. The first-order chi connectivity index (χ1) is 9.44. The molecule has 3 heterocycles. The van der Waals surface area contributed by atoms with Gasteiger partial charge in [-0.05, 0) is 19.9 Å². The second kappa shape index (κ2) is 4.96. The highest BCUT2D eigenvalue weighted by atomic mass is 35.5. The van der Waals surface area contributed by atoms with Crippen LogP contribution in [0.4, 0.5) is 0 Å². The summed E-state index contributed by atoms with van der Waals surface area (Å²) in [5.74, 6) is 0.0146. The zero-order chi connectivity index (χ0) is 14.3. The summed E-state index contributed by atoms with van der Waals surface area (Å²) in [6.45, 7) is 4.02. The van der Waals surface area contributed by atoms with E-state index in [1.54, 1.807) is 6.07 Å². The van der Waals surface area contributed by atoms with Crippen LogP contribution in [0.25, 0.3) is 11.5 Å². The lowest BCUT2D eigenvalue weighted by atomic mass is 10.3. The molecule has 1 saturated heterocycles. The lowest BCUT2D eigenvalue weighted by Crippen LogP contribution is -2.19. The Labute approximate surface area is 125 Å². The summed E-state index contributed by atoms with van der Waals surface area (Å²) < 4.78 is 16.7. The smallest absolute Gasteiger partial charge is 0.249 e. The first-order valence-electron chi connectivity index (χ1n) is 5.91. The predicted octanol–water partition coefficient (Wildman–Crippen LogP) is 3.26. The molecule has 20 heavy (non-hydrogen) atoms. The standard InChI is InChI=1S/C12H11Cl2N3O3/c1-12(2)18-5-8(20-12)11-17-16-10(19-11)6-3-7(13)9(14)15-4-6/h3-4,8H,5H2,1-2H3/t8-/m0/s1. The number of pyridine rings is 1. The zero-order valence-electron chi connectivity index (χ0n) is 10.8. The van der Waals surface area contributed by atoms with Crippen molar-refractivity contribution >= 4 is 23.2 Å². The molecule has 2 aromatic rings. The first-order valence-corrected chi connectivity index (χ1v) is 6.67. The summed E-state index contributed by atoms with van der Waals surface area (Å²) in [5, 5.41) is 8.47. The van der Waals surface area contributed by atoms with Gasteiger partial charge in [-0.3, -0.25) is 0 Å². The normalized spacial score (nSPS) is 21.3. The molecular formula is C12H11Cl2N3O3. The van der Waals surface area contributed by atoms with E-state index in [9.17, 15) is 0 Å². The Hall–Kier alpha value is -1.21. The molecule has 0 radical (unpaired) electrons. The minimum atomic E-state index is -0.648. The molecule has 0 unspecified atom stereocenters. The molecule has 0 bridgehead atoms. The molecule has 1 aliphatic heterocycles. The fourth-order valence-electron chi connectivity index (χ4n) is 1.83. The highest BCUT2D eigenvalue weighted by molar-refractivity contribution is 6.41. The van der Waals surface area contributed by atoms with E-state index in [1.807, 2.05) is 13.8 Å². The Morgan fingerprint density at radius 2 is 2.10 bits per heavy atom. The van der Waals surface area contributed by atoms with Crippen LogP contribution < -0.4 is 0 Å².